The van der Waals surface area contributed by atoms with Crippen molar-refractivity contribution in [3.63, 3.8) is 0 Å². The largest absolute Gasteiger partial charge is 0.315 e. The summed E-state index contributed by atoms with van der Waals surface area (Å²) in [4.78, 5) is 0.392. The monoisotopic (exact) mass is 270 g/mol. The maximum absolute atomic E-state index is 12.1. The van der Waals surface area contributed by atoms with Crippen LogP contribution < -0.4 is 10.0 Å². The van der Waals surface area contributed by atoms with E-state index in [1.54, 1.807) is 12.1 Å². The Bertz CT molecular complexity index is 458. The van der Waals surface area contributed by atoms with E-state index in [9.17, 15) is 8.42 Å². The van der Waals surface area contributed by atoms with E-state index in [-0.39, 0.29) is 0 Å². The molecule has 0 fully saturated rings. The van der Waals surface area contributed by atoms with Gasteiger partial charge in [0.05, 0.1) is 4.90 Å². The Morgan fingerprint density at radius 1 is 1.06 bits per heavy atom. The van der Waals surface area contributed by atoms with E-state index in [1.165, 1.54) is 0 Å². The molecule has 18 heavy (non-hydrogen) atoms. The highest BCUT2D eigenvalue weighted by Crippen LogP contribution is 2.15. The van der Waals surface area contributed by atoms with Gasteiger partial charge in [0.2, 0.25) is 10.0 Å². The van der Waals surface area contributed by atoms with Gasteiger partial charge in [0.1, 0.15) is 0 Å². The third-order valence-corrected chi connectivity index (χ3v) is 4.23. The van der Waals surface area contributed by atoms with Gasteiger partial charge < -0.3 is 5.32 Å². The Kier molecular flexibility index (Phi) is 6.32. The number of aryl methyl sites for hydroxylation is 1. The first kappa shape index (κ1) is 15.1. The highest BCUT2D eigenvalue weighted by Gasteiger charge is 2.16. The van der Waals surface area contributed by atoms with Gasteiger partial charge in [0.25, 0.3) is 0 Å². The molecule has 0 atom stereocenters. The van der Waals surface area contributed by atoms with Gasteiger partial charge in [-0.3, -0.25) is 0 Å². The van der Waals surface area contributed by atoms with Crippen LogP contribution >= 0.6 is 0 Å². The lowest BCUT2D eigenvalue weighted by atomic mass is 10.2. The van der Waals surface area contributed by atoms with Crippen molar-refractivity contribution in [2.45, 2.75) is 31.6 Å². The van der Waals surface area contributed by atoms with Crippen molar-refractivity contribution < 1.29 is 8.42 Å². The normalized spacial score (nSPS) is 11.7. The Morgan fingerprint density at radius 3 is 2.44 bits per heavy atom. The van der Waals surface area contributed by atoms with Crippen LogP contribution in [0.3, 0.4) is 0 Å². The summed E-state index contributed by atoms with van der Waals surface area (Å²) in [6.07, 6.45) is 1.76. The molecule has 4 nitrogen and oxygen atoms in total. The number of rotatable bonds is 8. The van der Waals surface area contributed by atoms with Crippen molar-refractivity contribution in [3.05, 3.63) is 29.8 Å². The topological polar surface area (TPSA) is 58.2 Å². The number of sulfonamides is 1. The molecule has 1 aromatic rings. The Balaban J connectivity index is 2.63. The first-order chi connectivity index (χ1) is 8.61. The first-order valence-corrected chi connectivity index (χ1v) is 7.88. The Hall–Kier alpha value is -0.910. The fourth-order valence-corrected chi connectivity index (χ4v) is 3.05. The van der Waals surface area contributed by atoms with Crippen LogP contribution in [-0.4, -0.2) is 28.1 Å². The molecule has 0 bridgehead atoms. The van der Waals surface area contributed by atoms with Gasteiger partial charge in [-0.05, 0) is 31.0 Å². The summed E-state index contributed by atoms with van der Waals surface area (Å²) in [6.45, 7) is 6.01. The predicted octanol–water partition coefficient (Wildman–Crippen LogP) is 1.53. The maximum atomic E-state index is 12.1. The minimum Gasteiger partial charge on any atom is -0.315 e. The average Bonchev–Trinajstić information content (AvgIpc) is 2.38. The van der Waals surface area contributed by atoms with Gasteiger partial charge in [-0.2, -0.15) is 0 Å². The number of nitrogens with one attached hydrogen (secondary N) is 2. The van der Waals surface area contributed by atoms with Crippen LogP contribution in [0.2, 0.25) is 0 Å². The average molecular weight is 270 g/mol. The van der Waals surface area contributed by atoms with Crippen molar-refractivity contribution in [1.82, 2.24) is 10.0 Å². The fourth-order valence-electron chi connectivity index (χ4n) is 1.71. The van der Waals surface area contributed by atoms with Gasteiger partial charge in [-0.25, -0.2) is 13.1 Å². The van der Waals surface area contributed by atoms with Crippen LogP contribution in [0.5, 0.6) is 0 Å². The molecule has 0 aliphatic heterocycles. The van der Waals surface area contributed by atoms with Crippen molar-refractivity contribution in [3.8, 4) is 0 Å². The van der Waals surface area contributed by atoms with E-state index in [4.69, 9.17) is 0 Å². The summed E-state index contributed by atoms with van der Waals surface area (Å²) in [5.41, 5.74) is 0.853. The van der Waals surface area contributed by atoms with Crippen LogP contribution in [0.15, 0.2) is 29.2 Å². The van der Waals surface area contributed by atoms with Gasteiger partial charge in [-0.15, -0.1) is 0 Å². The Morgan fingerprint density at radius 2 is 1.78 bits per heavy atom. The highest BCUT2D eigenvalue weighted by atomic mass is 32.2. The van der Waals surface area contributed by atoms with Crippen molar-refractivity contribution in [2.75, 3.05) is 19.6 Å². The molecule has 1 rings (SSSR count). The van der Waals surface area contributed by atoms with E-state index in [2.05, 4.69) is 17.0 Å². The highest BCUT2D eigenvalue weighted by molar-refractivity contribution is 7.89. The first-order valence-electron chi connectivity index (χ1n) is 6.40. The SMILES string of the molecule is CCCNCCNS(=O)(=O)c1ccccc1CC. The van der Waals surface area contributed by atoms with Crippen LogP contribution in [0, 0.1) is 0 Å². The molecular formula is C13H22N2O2S. The smallest absolute Gasteiger partial charge is 0.240 e. The maximum Gasteiger partial charge on any atom is 0.240 e. The quantitative estimate of drug-likeness (QED) is 0.704. The van der Waals surface area contributed by atoms with Crippen LogP contribution in [0.4, 0.5) is 0 Å². The standard InChI is InChI=1S/C13H22N2O2S/c1-3-9-14-10-11-15-18(16,17)13-8-6-5-7-12(13)4-2/h5-8,14-15H,3-4,9-11H2,1-2H3. The van der Waals surface area contributed by atoms with Gasteiger partial charge >= 0.3 is 0 Å². The lowest BCUT2D eigenvalue weighted by Gasteiger charge is -2.10. The second-order valence-corrected chi connectivity index (χ2v) is 5.84. The summed E-state index contributed by atoms with van der Waals surface area (Å²) in [5.74, 6) is 0. The molecule has 1 aromatic carbocycles. The van der Waals surface area contributed by atoms with Crippen molar-refractivity contribution in [2.24, 2.45) is 0 Å². The molecule has 0 unspecified atom stereocenters. The molecule has 2 N–H and O–H groups in total. The Labute approximate surface area is 110 Å². The number of benzene rings is 1. The van der Waals surface area contributed by atoms with Crippen LogP contribution in [-0.2, 0) is 16.4 Å². The molecule has 0 heterocycles. The lowest BCUT2D eigenvalue weighted by Crippen LogP contribution is -2.32. The summed E-state index contributed by atoms with van der Waals surface area (Å²) in [5, 5.41) is 3.16. The van der Waals surface area contributed by atoms with Crippen LogP contribution in [0.1, 0.15) is 25.8 Å². The summed E-state index contributed by atoms with van der Waals surface area (Å²) in [7, 11) is -3.38. The third-order valence-electron chi connectivity index (χ3n) is 2.66. The zero-order chi connectivity index (χ0) is 13.4. The summed E-state index contributed by atoms with van der Waals surface area (Å²) in [6, 6.07) is 7.12. The van der Waals surface area contributed by atoms with E-state index in [0.29, 0.717) is 24.4 Å². The second-order valence-electron chi connectivity index (χ2n) is 4.11. The molecule has 0 aliphatic rings. The van der Waals surface area contributed by atoms with Gasteiger partial charge in [0, 0.05) is 13.1 Å². The molecule has 102 valence electrons. The van der Waals surface area contributed by atoms with E-state index >= 15 is 0 Å². The van der Waals surface area contributed by atoms with Gasteiger partial charge in [0.15, 0.2) is 0 Å². The minimum absolute atomic E-state index is 0.392. The fraction of sp³-hybridized carbons (Fsp3) is 0.538. The zero-order valence-electron chi connectivity index (χ0n) is 11.1. The van der Waals surface area contributed by atoms with Gasteiger partial charge in [-0.1, -0.05) is 32.0 Å². The van der Waals surface area contributed by atoms with E-state index < -0.39 is 10.0 Å². The van der Waals surface area contributed by atoms with Crippen LogP contribution in [0.25, 0.3) is 0 Å². The number of hydrogen-bond donors (Lipinski definition) is 2. The van der Waals surface area contributed by atoms with Crippen molar-refractivity contribution >= 4 is 10.0 Å². The molecule has 0 saturated heterocycles. The molecule has 0 saturated carbocycles. The molecule has 0 aromatic heterocycles. The molecular weight excluding hydrogens is 248 g/mol. The summed E-state index contributed by atoms with van der Waals surface area (Å²) < 4.78 is 26.8. The molecule has 0 spiro atoms. The number of hydrogen-bond acceptors (Lipinski definition) is 3. The predicted molar refractivity (Wildman–Crippen MR) is 74.2 cm³/mol. The van der Waals surface area contributed by atoms with E-state index in [1.807, 2.05) is 19.1 Å². The molecule has 0 aliphatic carbocycles. The lowest BCUT2D eigenvalue weighted by molar-refractivity contribution is 0.574. The van der Waals surface area contributed by atoms with Crippen molar-refractivity contribution in [1.29, 1.82) is 0 Å². The summed E-state index contributed by atoms with van der Waals surface area (Å²) >= 11 is 0. The zero-order valence-corrected chi connectivity index (χ0v) is 11.9. The third kappa shape index (κ3) is 4.40. The molecule has 0 amide bonds. The van der Waals surface area contributed by atoms with E-state index in [0.717, 1.165) is 18.5 Å². The minimum atomic E-state index is -3.38. The molecule has 0 radical (unpaired) electrons. The molecule has 5 heteroatoms. The second kappa shape index (κ2) is 7.51.